The van der Waals surface area contributed by atoms with Crippen LogP contribution in [0.1, 0.15) is 12.5 Å². The van der Waals surface area contributed by atoms with Crippen LogP contribution in [0, 0.1) is 0 Å². The second-order valence-corrected chi connectivity index (χ2v) is 5.63. The molecule has 3 heterocycles. The van der Waals surface area contributed by atoms with Crippen LogP contribution in [0.3, 0.4) is 0 Å². The van der Waals surface area contributed by atoms with Crippen molar-refractivity contribution >= 4 is 16.9 Å². The average Bonchev–Trinajstić information content (AvgIpc) is 3.24. The van der Waals surface area contributed by atoms with E-state index in [1.54, 1.807) is 6.20 Å². The third kappa shape index (κ3) is 2.43. The molecule has 4 rings (SSSR count). The summed E-state index contributed by atoms with van der Waals surface area (Å²) in [6.45, 7) is 3.24. The van der Waals surface area contributed by atoms with E-state index in [0.717, 1.165) is 27.7 Å². The zero-order valence-electron chi connectivity index (χ0n) is 13.7. The summed E-state index contributed by atoms with van der Waals surface area (Å²) < 4.78 is 6.77. The molecule has 0 unspecified atom stereocenters. The Morgan fingerprint density at radius 3 is 2.56 bits per heavy atom. The van der Waals surface area contributed by atoms with Crippen molar-refractivity contribution in [3.05, 3.63) is 42.2 Å². The fourth-order valence-corrected chi connectivity index (χ4v) is 2.96. The van der Waals surface area contributed by atoms with Gasteiger partial charge in [-0.1, -0.05) is 24.3 Å². The van der Waals surface area contributed by atoms with E-state index in [2.05, 4.69) is 20.3 Å². The number of aryl methyl sites for hydroxylation is 1. The van der Waals surface area contributed by atoms with Gasteiger partial charge in [-0.3, -0.25) is 4.98 Å². The summed E-state index contributed by atoms with van der Waals surface area (Å²) in [7, 11) is 0. The lowest BCUT2D eigenvalue weighted by molar-refractivity contribution is 0.310. The third-order valence-electron chi connectivity index (χ3n) is 4.19. The van der Waals surface area contributed by atoms with Crippen molar-refractivity contribution in [3.63, 3.8) is 0 Å². The SMILES string of the molecule is CCn1c(-c2nonc2N)nc2cncc(-c3ccc(CN)cc3)c21. The van der Waals surface area contributed by atoms with E-state index >= 15 is 0 Å². The van der Waals surface area contributed by atoms with Crippen molar-refractivity contribution in [1.29, 1.82) is 0 Å². The van der Waals surface area contributed by atoms with Gasteiger partial charge in [0.15, 0.2) is 17.3 Å². The average molecular weight is 335 g/mol. The molecule has 0 aliphatic carbocycles. The van der Waals surface area contributed by atoms with Gasteiger partial charge in [-0.25, -0.2) is 9.61 Å². The lowest BCUT2D eigenvalue weighted by atomic mass is 10.0. The number of benzene rings is 1. The predicted molar refractivity (Wildman–Crippen MR) is 94.2 cm³/mol. The highest BCUT2D eigenvalue weighted by atomic mass is 16.6. The fourth-order valence-electron chi connectivity index (χ4n) is 2.96. The Labute approximate surface area is 143 Å². The van der Waals surface area contributed by atoms with Crippen LogP contribution in [-0.2, 0) is 13.1 Å². The molecule has 3 aromatic heterocycles. The summed E-state index contributed by atoms with van der Waals surface area (Å²) in [4.78, 5) is 8.98. The molecule has 0 atom stereocenters. The first-order valence-corrected chi connectivity index (χ1v) is 7.95. The minimum Gasteiger partial charge on any atom is -0.379 e. The van der Waals surface area contributed by atoms with E-state index in [1.807, 2.05) is 42.0 Å². The Kier molecular flexibility index (Phi) is 3.66. The largest absolute Gasteiger partial charge is 0.379 e. The molecule has 0 spiro atoms. The first-order valence-electron chi connectivity index (χ1n) is 7.95. The lowest BCUT2D eigenvalue weighted by Crippen LogP contribution is -2.01. The van der Waals surface area contributed by atoms with Gasteiger partial charge in [0.25, 0.3) is 0 Å². The third-order valence-corrected chi connectivity index (χ3v) is 4.19. The van der Waals surface area contributed by atoms with Crippen LogP contribution in [0.5, 0.6) is 0 Å². The smallest absolute Gasteiger partial charge is 0.199 e. The Morgan fingerprint density at radius 1 is 1.12 bits per heavy atom. The van der Waals surface area contributed by atoms with Crippen molar-refractivity contribution in [2.75, 3.05) is 5.73 Å². The molecule has 1 aromatic carbocycles. The number of nitrogen functional groups attached to an aromatic ring is 1. The van der Waals surface area contributed by atoms with Crippen LogP contribution in [0.15, 0.2) is 41.3 Å². The van der Waals surface area contributed by atoms with Crippen LogP contribution < -0.4 is 11.5 Å². The molecular weight excluding hydrogens is 318 g/mol. The molecule has 0 aliphatic rings. The van der Waals surface area contributed by atoms with Gasteiger partial charge in [-0.15, -0.1) is 0 Å². The summed E-state index contributed by atoms with van der Waals surface area (Å²) in [6, 6.07) is 8.11. The zero-order valence-corrected chi connectivity index (χ0v) is 13.7. The summed E-state index contributed by atoms with van der Waals surface area (Å²) in [6.07, 6.45) is 3.56. The Hall–Kier alpha value is -3.26. The van der Waals surface area contributed by atoms with Crippen molar-refractivity contribution in [3.8, 4) is 22.6 Å². The number of nitrogens with zero attached hydrogens (tertiary/aromatic N) is 5. The Morgan fingerprint density at radius 2 is 1.92 bits per heavy atom. The second-order valence-electron chi connectivity index (χ2n) is 5.63. The first kappa shape index (κ1) is 15.3. The highest BCUT2D eigenvalue weighted by Gasteiger charge is 2.20. The van der Waals surface area contributed by atoms with Gasteiger partial charge in [-0.2, -0.15) is 0 Å². The molecule has 0 aliphatic heterocycles. The number of rotatable bonds is 4. The van der Waals surface area contributed by atoms with Crippen LogP contribution in [-0.4, -0.2) is 24.8 Å². The molecule has 0 bridgehead atoms. The molecule has 0 fully saturated rings. The highest BCUT2D eigenvalue weighted by Crippen LogP contribution is 2.32. The van der Waals surface area contributed by atoms with Gasteiger partial charge in [0, 0.05) is 24.8 Å². The number of hydrogen-bond donors (Lipinski definition) is 2. The first-order chi connectivity index (χ1) is 12.2. The molecule has 25 heavy (non-hydrogen) atoms. The van der Waals surface area contributed by atoms with Gasteiger partial charge in [-0.05, 0) is 28.4 Å². The van der Waals surface area contributed by atoms with Crippen LogP contribution >= 0.6 is 0 Å². The van der Waals surface area contributed by atoms with E-state index in [0.29, 0.717) is 24.6 Å². The maximum atomic E-state index is 5.85. The maximum Gasteiger partial charge on any atom is 0.199 e. The molecule has 8 nitrogen and oxygen atoms in total. The molecule has 0 saturated carbocycles. The standard InChI is InChI=1S/C17H17N7O/c1-2-24-15-12(11-5-3-10(7-18)4-6-11)8-20-9-13(15)21-17(24)14-16(19)23-25-22-14/h3-6,8-9H,2,7,18H2,1H3,(H2,19,23). The maximum absolute atomic E-state index is 5.85. The van der Waals surface area contributed by atoms with E-state index in [9.17, 15) is 0 Å². The predicted octanol–water partition coefficient (Wildman–Crippen LogP) is 2.21. The minimum atomic E-state index is 0.215. The van der Waals surface area contributed by atoms with Crippen LogP contribution in [0.25, 0.3) is 33.7 Å². The normalized spacial score (nSPS) is 11.3. The topological polar surface area (TPSA) is 122 Å². The number of aromatic nitrogens is 5. The van der Waals surface area contributed by atoms with Gasteiger partial charge < -0.3 is 16.0 Å². The molecule has 0 radical (unpaired) electrons. The number of hydrogen-bond acceptors (Lipinski definition) is 7. The summed E-state index contributed by atoms with van der Waals surface area (Å²) in [5.41, 5.74) is 16.8. The number of anilines is 1. The summed E-state index contributed by atoms with van der Waals surface area (Å²) in [5, 5.41) is 7.54. The highest BCUT2D eigenvalue weighted by molar-refractivity contribution is 5.93. The van der Waals surface area contributed by atoms with Crippen LogP contribution in [0.2, 0.25) is 0 Å². The van der Waals surface area contributed by atoms with Crippen molar-refractivity contribution in [2.45, 2.75) is 20.0 Å². The molecule has 126 valence electrons. The van der Waals surface area contributed by atoms with Crippen molar-refractivity contribution in [1.82, 2.24) is 24.8 Å². The van der Waals surface area contributed by atoms with Gasteiger partial charge in [0.05, 0.1) is 11.7 Å². The number of nitrogens with two attached hydrogens (primary N) is 2. The number of imidazole rings is 1. The molecule has 8 heteroatoms. The van der Waals surface area contributed by atoms with E-state index in [1.165, 1.54) is 0 Å². The van der Waals surface area contributed by atoms with Gasteiger partial charge >= 0.3 is 0 Å². The molecule has 4 aromatic rings. The van der Waals surface area contributed by atoms with Crippen molar-refractivity contribution < 1.29 is 4.63 Å². The van der Waals surface area contributed by atoms with E-state index in [4.69, 9.17) is 16.1 Å². The van der Waals surface area contributed by atoms with Gasteiger partial charge in [0.2, 0.25) is 0 Å². The molecule has 4 N–H and O–H groups in total. The lowest BCUT2D eigenvalue weighted by Gasteiger charge is -2.09. The monoisotopic (exact) mass is 335 g/mol. The number of pyridine rings is 1. The zero-order chi connectivity index (χ0) is 17.4. The molecule has 0 saturated heterocycles. The van der Waals surface area contributed by atoms with E-state index in [-0.39, 0.29) is 5.82 Å². The summed E-state index contributed by atoms with van der Waals surface area (Å²) in [5.74, 6) is 0.830. The van der Waals surface area contributed by atoms with Crippen molar-refractivity contribution in [2.24, 2.45) is 5.73 Å². The Balaban J connectivity index is 1.97. The van der Waals surface area contributed by atoms with Crippen LogP contribution in [0.4, 0.5) is 5.82 Å². The fraction of sp³-hybridized carbons (Fsp3) is 0.176. The molecule has 0 amide bonds. The molecular formula is C17H17N7O. The summed E-state index contributed by atoms with van der Waals surface area (Å²) >= 11 is 0. The second kappa shape index (κ2) is 5.99. The number of fused-ring (bicyclic) bond motifs is 1. The minimum absolute atomic E-state index is 0.215. The van der Waals surface area contributed by atoms with Gasteiger partial charge in [0.1, 0.15) is 5.52 Å². The quantitative estimate of drug-likeness (QED) is 0.586. The Bertz CT molecular complexity index is 1030. The van der Waals surface area contributed by atoms with E-state index < -0.39 is 0 Å².